The lowest BCUT2D eigenvalue weighted by atomic mass is 10.1. The van der Waals surface area contributed by atoms with Gasteiger partial charge in [0.2, 0.25) is 0 Å². The van der Waals surface area contributed by atoms with Crippen LogP contribution in [0.3, 0.4) is 0 Å². The Labute approximate surface area is 111 Å². The van der Waals surface area contributed by atoms with E-state index >= 15 is 0 Å². The van der Waals surface area contributed by atoms with Crippen molar-refractivity contribution in [2.75, 3.05) is 0 Å². The number of carbonyl (C=O) groups is 2. The van der Waals surface area contributed by atoms with Gasteiger partial charge in [0.1, 0.15) is 5.75 Å². The minimum atomic E-state index is -1.04. The van der Waals surface area contributed by atoms with Gasteiger partial charge in [0, 0.05) is 0 Å². The molecular formula is C14H16O5. The summed E-state index contributed by atoms with van der Waals surface area (Å²) in [6, 6.07) is 6.41. The van der Waals surface area contributed by atoms with Crippen molar-refractivity contribution in [2.45, 2.75) is 25.4 Å². The molecule has 0 aliphatic rings. The first kappa shape index (κ1) is 14.9. The highest BCUT2D eigenvalue weighted by molar-refractivity contribution is 5.78. The number of rotatable bonds is 7. The number of aliphatic carboxylic acids is 1. The molecule has 5 nitrogen and oxygen atoms in total. The van der Waals surface area contributed by atoms with E-state index in [9.17, 15) is 14.7 Å². The van der Waals surface area contributed by atoms with Gasteiger partial charge >= 0.3 is 11.9 Å². The van der Waals surface area contributed by atoms with Crippen molar-refractivity contribution >= 4 is 11.9 Å². The van der Waals surface area contributed by atoms with Gasteiger partial charge in [0.05, 0.1) is 18.9 Å². The Morgan fingerprint density at radius 1 is 1.26 bits per heavy atom. The van der Waals surface area contributed by atoms with Crippen LogP contribution >= 0.6 is 0 Å². The molecule has 0 bridgehead atoms. The standard InChI is InChI=1S/C14H16O5/c1-2-3-12(15)10-4-6-11(7-5-10)19-14(18)9-8-13(16)17/h2,4-7,12,15H,1,3,8-9H2,(H,16,17). The van der Waals surface area contributed by atoms with E-state index in [-0.39, 0.29) is 12.8 Å². The highest BCUT2D eigenvalue weighted by Gasteiger charge is 2.09. The van der Waals surface area contributed by atoms with Gasteiger partial charge in [-0.05, 0) is 24.1 Å². The SMILES string of the molecule is C=CCC(O)c1ccc(OC(=O)CCC(=O)O)cc1. The third kappa shape index (κ3) is 5.35. The van der Waals surface area contributed by atoms with Crippen LogP contribution in [0.5, 0.6) is 5.75 Å². The zero-order valence-electron chi connectivity index (χ0n) is 10.4. The predicted molar refractivity (Wildman–Crippen MR) is 68.7 cm³/mol. The number of ether oxygens (including phenoxy) is 1. The van der Waals surface area contributed by atoms with E-state index < -0.39 is 18.0 Å². The summed E-state index contributed by atoms with van der Waals surface area (Å²) in [6.07, 6.45) is 1.00. The molecule has 1 unspecified atom stereocenters. The molecule has 102 valence electrons. The fourth-order valence-corrected chi connectivity index (χ4v) is 1.44. The van der Waals surface area contributed by atoms with Gasteiger partial charge in [0.15, 0.2) is 0 Å². The van der Waals surface area contributed by atoms with E-state index in [1.54, 1.807) is 30.3 Å². The van der Waals surface area contributed by atoms with Crippen molar-refractivity contribution in [2.24, 2.45) is 0 Å². The summed E-state index contributed by atoms with van der Waals surface area (Å²) in [7, 11) is 0. The van der Waals surface area contributed by atoms with Gasteiger partial charge in [-0.2, -0.15) is 0 Å². The summed E-state index contributed by atoms with van der Waals surface area (Å²) in [5.74, 6) is -1.31. The second-order valence-electron chi connectivity index (χ2n) is 3.98. The molecular weight excluding hydrogens is 248 g/mol. The third-order valence-corrected chi connectivity index (χ3v) is 2.43. The molecule has 0 saturated heterocycles. The number of carboxylic acids is 1. The minimum absolute atomic E-state index is 0.170. The molecule has 0 saturated carbocycles. The van der Waals surface area contributed by atoms with Gasteiger partial charge in [-0.1, -0.05) is 18.2 Å². The number of hydrogen-bond acceptors (Lipinski definition) is 4. The summed E-state index contributed by atoms with van der Waals surface area (Å²) in [4.78, 5) is 21.6. The van der Waals surface area contributed by atoms with Crippen molar-refractivity contribution in [3.63, 3.8) is 0 Å². The molecule has 0 heterocycles. The second-order valence-corrected chi connectivity index (χ2v) is 3.98. The molecule has 0 fully saturated rings. The summed E-state index contributed by atoms with van der Waals surface area (Å²) < 4.78 is 4.96. The van der Waals surface area contributed by atoms with E-state index in [0.29, 0.717) is 17.7 Å². The highest BCUT2D eigenvalue weighted by atomic mass is 16.5. The molecule has 0 aliphatic carbocycles. The van der Waals surface area contributed by atoms with Crippen LogP contribution < -0.4 is 4.74 Å². The Balaban J connectivity index is 2.54. The van der Waals surface area contributed by atoms with Gasteiger partial charge in [-0.25, -0.2) is 0 Å². The Hall–Kier alpha value is -2.14. The Morgan fingerprint density at radius 2 is 1.89 bits per heavy atom. The van der Waals surface area contributed by atoms with Crippen molar-refractivity contribution < 1.29 is 24.5 Å². The van der Waals surface area contributed by atoms with E-state index in [0.717, 1.165) is 0 Å². The molecule has 1 aromatic carbocycles. The Morgan fingerprint density at radius 3 is 2.42 bits per heavy atom. The van der Waals surface area contributed by atoms with E-state index in [1.807, 2.05) is 0 Å². The molecule has 0 aromatic heterocycles. The summed E-state index contributed by atoms with van der Waals surface area (Å²) in [5.41, 5.74) is 0.699. The molecule has 1 aromatic rings. The smallest absolute Gasteiger partial charge is 0.311 e. The fraction of sp³-hybridized carbons (Fsp3) is 0.286. The van der Waals surface area contributed by atoms with E-state index in [2.05, 4.69) is 6.58 Å². The maximum atomic E-state index is 11.3. The van der Waals surface area contributed by atoms with Crippen LogP contribution in [0.4, 0.5) is 0 Å². The van der Waals surface area contributed by atoms with Crippen molar-refractivity contribution in [1.82, 2.24) is 0 Å². The summed E-state index contributed by atoms with van der Waals surface area (Å²) in [6.45, 7) is 3.54. The average Bonchev–Trinajstić information content (AvgIpc) is 2.37. The van der Waals surface area contributed by atoms with Crippen molar-refractivity contribution in [1.29, 1.82) is 0 Å². The Bertz CT molecular complexity index is 449. The lowest BCUT2D eigenvalue weighted by Crippen LogP contribution is -2.10. The number of esters is 1. The fourth-order valence-electron chi connectivity index (χ4n) is 1.44. The first-order chi connectivity index (χ1) is 9.02. The maximum Gasteiger partial charge on any atom is 0.311 e. The van der Waals surface area contributed by atoms with Crippen LogP contribution in [0, 0.1) is 0 Å². The Kier molecular flexibility index (Phi) is 5.75. The molecule has 0 radical (unpaired) electrons. The van der Waals surface area contributed by atoms with Crippen molar-refractivity contribution in [3.8, 4) is 5.75 Å². The maximum absolute atomic E-state index is 11.3. The summed E-state index contributed by atoms with van der Waals surface area (Å²) in [5, 5.41) is 18.1. The largest absolute Gasteiger partial charge is 0.481 e. The van der Waals surface area contributed by atoms with E-state index in [4.69, 9.17) is 9.84 Å². The lowest BCUT2D eigenvalue weighted by molar-refractivity contribution is -0.142. The molecule has 5 heteroatoms. The molecule has 0 amide bonds. The first-order valence-electron chi connectivity index (χ1n) is 5.84. The normalized spacial score (nSPS) is 11.6. The lowest BCUT2D eigenvalue weighted by Gasteiger charge is -2.09. The van der Waals surface area contributed by atoms with Crippen LogP contribution in [-0.4, -0.2) is 22.2 Å². The number of carboxylic acid groups (broad SMARTS) is 1. The number of carbonyl (C=O) groups excluding carboxylic acids is 1. The monoisotopic (exact) mass is 264 g/mol. The average molecular weight is 264 g/mol. The zero-order valence-corrected chi connectivity index (χ0v) is 10.4. The molecule has 1 atom stereocenters. The highest BCUT2D eigenvalue weighted by Crippen LogP contribution is 2.20. The van der Waals surface area contributed by atoms with Crippen LogP contribution in [0.15, 0.2) is 36.9 Å². The van der Waals surface area contributed by atoms with Crippen LogP contribution in [0.1, 0.15) is 30.9 Å². The topological polar surface area (TPSA) is 83.8 Å². The van der Waals surface area contributed by atoms with Gasteiger partial charge in [0.25, 0.3) is 0 Å². The quantitative estimate of drug-likeness (QED) is 0.447. The molecule has 0 aliphatic heterocycles. The number of hydrogen-bond donors (Lipinski definition) is 2. The van der Waals surface area contributed by atoms with E-state index in [1.165, 1.54) is 0 Å². The van der Waals surface area contributed by atoms with Crippen LogP contribution in [-0.2, 0) is 9.59 Å². The third-order valence-electron chi connectivity index (χ3n) is 2.43. The molecule has 19 heavy (non-hydrogen) atoms. The number of benzene rings is 1. The van der Waals surface area contributed by atoms with Crippen molar-refractivity contribution in [3.05, 3.63) is 42.5 Å². The second kappa shape index (κ2) is 7.33. The number of aliphatic hydroxyl groups is 1. The van der Waals surface area contributed by atoms with Gasteiger partial charge in [-0.3, -0.25) is 9.59 Å². The number of aliphatic hydroxyl groups excluding tert-OH is 1. The molecule has 1 rings (SSSR count). The molecule has 0 spiro atoms. The zero-order chi connectivity index (χ0) is 14.3. The van der Waals surface area contributed by atoms with Crippen LogP contribution in [0.25, 0.3) is 0 Å². The predicted octanol–water partition coefficient (Wildman–Crippen LogP) is 2.07. The molecule has 2 N–H and O–H groups in total. The first-order valence-corrected chi connectivity index (χ1v) is 5.84. The minimum Gasteiger partial charge on any atom is -0.481 e. The summed E-state index contributed by atoms with van der Waals surface area (Å²) >= 11 is 0. The van der Waals surface area contributed by atoms with Gasteiger partial charge in [-0.15, -0.1) is 6.58 Å². The van der Waals surface area contributed by atoms with Gasteiger partial charge < -0.3 is 14.9 Å². The van der Waals surface area contributed by atoms with Crippen LogP contribution in [0.2, 0.25) is 0 Å².